The van der Waals surface area contributed by atoms with E-state index in [1.54, 1.807) is 0 Å². The average molecular weight is 234 g/mol. The minimum atomic E-state index is -0.353. The third kappa shape index (κ3) is 13.3. The highest BCUT2D eigenvalue weighted by Gasteiger charge is 1.94. The monoisotopic (exact) mass is 234 g/mol. The molecule has 0 heterocycles. The molecular weight excluding hydrogens is 212 g/mol. The number of amides is 1. The van der Waals surface area contributed by atoms with Crippen molar-refractivity contribution < 1.29 is 19.0 Å². The van der Waals surface area contributed by atoms with Crippen LogP contribution in [0.2, 0.25) is 0 Å². The minimum Gasteiger partial charge on any atom is -0.379 e. The lowest BCUT2D eigenvalue weighted by Gasteiger charge is -2.05. The van der Waals surface area contributed by atoms with E-state index in [2.05, 4.69) is 0 Å². The summed E-state index contributed by atoms with van der Waals surface area (Å²) in [6.07, 6.45) is 1.12. The first-order chi connectivity index (χ1) is 7.77. The summed E-state index contributed by atoms with van der Waals surface area (Å²) in [5, 5.41) is 0. The Morgan fingerprint density at radius 1 is 0.875 bits per heavy atom. The van der Waals surface area contributed by atoms with Crippen LogP contribution in [0, 0.1) is 0 Å². The molecule has 0 aromatic heterocycles. The highest BCUT2D eigenvalue weighted by Crippen LogP contribution is 1.84. The van der Waals surface area contributed by atoms with Crippen LogP contribution in [0.3, 0.4) is 0 Å². The molecule has 0 aliphatic rings. The van der Waals surface area contributed by atoms with Crippen LogP contribution in [-0.2, 0) is 19.0 Å². The predicted octanol–water partition coefficient (Wildman–Crippen LogP) is -0.740. The van der Waals surface area contributed by atoms with Crippen molar-refractivity contribution in [3.05, 3.63) is 0 Å². The fourth-order valence-electron chi connectivity index (χ4n) is 0.900. The molecule has 16 heavy (non-hydrogen) atoms. The van der Waals surface area contributed by atoms with Gasteiger partial charge in [-0.3, -0.25) is 4.79 Å². The van der Waals surface area contributed by atoms with Gasteiger partial charge >= 0.3 is 0 Å². The lowest BCUT2D eigenvalue weighted by Crippen LogP contribution is -2.15. The largest absolute Gasteiger partial charge is 0.379 e. The molecule has 6 heteroatoms. The van der Waals surface area contributed by atoms with Crippen molar-refractivity contribution in [2.45, 2.75) is 12.8 Å². The number of rotatable bonds is 12. The summed E-state index contributed by atoms with van der Waals surface area (Å²) in [7, 11) is 0. The van der Waals surface area contributed by atoms with Crippen molar-refractivity contribution in [3.8, 4) is 0 Å². The zero-order valence-electron chi connectivity index (χ0n) is 9.65. The second-order valence-electron chi connectivity index (χ2n) is 3.20. The second kappa shape index (κ2) is 12.4. The maximum Gasteiger partial charge on any atom is 0.219 e. The van der Waals surface area contributed by atoms with Crippen LogP contribution in [-0.4, -0.2) is 52.1 Å². The summed E-state index contributed by atoms with van der Waals surface area (Å²) in [5.41, 5.74) is 10.2. The Bertz CT molecular complexity index is 167. The third-order valence-corrected chi connectivity index (χ3v) is 1.73. The van der Waals surface area contributed by atoms with Gasteiger partial charge in [0.2, 0.25) is 5.91 Å². The summed E-state index contributed by atoms with van der Waals surface area (Å²) in [6.45, 7) is 3.76. The lowest BCUT2D eigenvalue weighted by molar-refractivity contribution is -0.119. The number of hydrogen-bond acceptors (Lipinski definition) is 5. The molecule has 0 saturated heterocycles. The van der Waals surface area contributed by atoms with Crippen molar-refractivity contribution in [2.24, 2.45) is 11.5 Å². The number of carbonyl (C=O) groups excluding carboxylic acids is 1. The van der Waals surface area contributed by atoms with Gasteiger partial charge in [0.15, 0.2) is 0 Å². The fourth-order valence-corrected chi connectivity index (χ4v) is 0.900. The first kappa shape index (κ1) is 15.3. The SMILES string of the molecule is NCCCOCCOCCOCCC(N)=O. The Morgan fingerprint density at radius 2 is 1.38 bits per heavy atom. The van der Waals surface area contributed by atoms with Crippen molar-refractivity contribution in [3.63, 3.8) is 0 Å². The van der Waals surface area contributed by atoms with Gasteiger partial charge in [-0.1, -0.05) is 0 Å². The quantitative estimate of drug-likeness (QED) is 0.433. The normalized spacial score (nSPS) is 10.6. The highest BCUT2D eigenvalue weighted by atomic mass is 16.5. The maximum atomic E-state index is 10.3. The van der Waals surface area contributed by atoms with Crippen LogP contribution in [0.5, 0.6) is 0 Å². The molecule has 96 valence electrons. The van der Waals surface area contributed by atoms with Gasteiger partial charge in [-0.05, 0) is 13.0 Å². The molecule has 0 aromatic rings. The Kier molecular flexibility index (Phi) is 11.8. The predicted molar refractivity (Wildman–Crippen MR) is 59.9 cm³/mol. The van der Waals surface area contributed by atoms with E-state index in [1.807, 2.05) is 0 Å². The molecule has 0 spiro atoms. The zero-order valence-corrected chi connectivity index (χ0v) is 9.65. The minimum absolute atomic E-state index is 0.252. The summed E-state index contributed by atoms with van der Waals surface area (Å²) in [6, 6.07) is 0. The van der Waals surface area contributed by atoms with E-state index in [4.69, 9.17) is 25.7 Å². The molecule has 0 rings (SSSR count). The standard InChI is InChI=1S/C10H22N2O4/c11-3-1-4-14-6-8-16-9-7-15-5-2-10(12)13/h1-9,11H2,(H2,12,13). The van der Waals surface area contributed by atoms with E-state index in [0.29, 0.717) is 46.2 Å². The summed E-state index contributed by atoms with van der Waals surface area (Å²) in [5.74, 6) is -0.353. The summed E-state index contributed by atoms with van der Waals surface area (Å²) in [4.78, 5) is 10.3. The van der Waals surface area contributed by atoms with Crippen LogP contribution >= 0.6 is 0 Å². The zero-order chi connectivity index (χ0) is 12.1. The Balaban J connectivity index is 2.90. The molecule has 0 radical (unpaired) electrons. The van der Waals surface area contributed by atoms with Crippen LogP contribution in [0.1, 0.15) is 12.8 Å². The lowest BCUT2D eigenvalue weighted by atomic mass is 10.4. The van der Waals surface area contributed by atoms with E-state index < -0.39 is 0 Å². The number of hydrogen-bond donors (Lipinski definition) is 2. The van der Waals surface area contributed by atoms with Gasteiger partial charge in [0, 0.05) is 13.0 Å². The molecule has 0 bridgehead atoms. The molecule has 0 aromatic carbocycles. The van der Waals surface area contributed by atoms with Gasteiger partial charge in [-0.25, -0.2) is 0 Å². The Labute approximate surface area is 96.2 Å². The number of carbonyl (C=O) groups is 1. The molecule has 0 atom stereocenters. The summed E-state index contributed by atoms with van der Waals surface area (Å²) >= 11 is 0. The summed E-state index contributed by atoms with van der Waals surface area (Å²) < 4.78 is 15.6. The van der Waals surface area contributed by atoms with Crippen molar-refractivity contribution in [2.75, 3.05) is 46.2 Å². The fraction of sp³-hybridized carbons (Fsp3) is 0.900. The van der Waals surface area contributed by atoms with Gasteiger partial charge in [0.05, 0.1) is 33.0 Å². The Hall–Kier alpha value is -0.690. The first-order valence-corrected chi connectivity index (χ1v) is 5.49. The highest BCUT2D eigenvalue weighted by molar-refractivity contribution is 5.73. The van der Waals surface area contributed by atoms with Crippen LogP contribution in [0.25, 0.3) is 0 Å². The van der Waals surface area contributed by atoms with Gasteiger partial charge in [0.1, 0.15) is 0 Å². The molecule has 6 nitrogen and oxygen atoms in total. The second-order valence-corrected chi connectivity index (χ2v) is 3.20. The van der Waals surface area contributed by atoms with E-state index in [9.17, 15) is 4.79 Å². The molecule has 0 aliphatic heterocycles. The molecule has 0 fully saturated rings. The van der Waals surface area contributed by atoms with Gasteiger partial charge in [0.25, 0.3) is 0 Å². The molecular formula is C10H22N2O4. The van der Waals surface area contributed by atoms with Crippen molar-refractivity contribution in [1.82, 2.24) is 0 Å². The van der Waals surface area contributed by atoms with Crippen LogP contribution < -0.4 is 11.5 Å². The molecule has 0 unspecified atom stereocenters. The van der Waals surface area contributed by atoms with Gasteiger partial charge in [-0.15, -0.1) is 0 Å². The number of primary amides is 1. The third-order valence-electron chi connectivity index (χ3n) is 1.73. The van der Waals surface area contributed by atoms with E-state index in [-0.39, 0.29) is 12.3 Å². The van der Waals surface area contributed by atoms with E-state index >= 15 is 0 Å². The number of nitrogens with two attached hydrogens (primary N) is 2. The molecule has 0 saturated carbocycles. The average Bonchev–Trinajstić information content (AvgIpc) is 2.25. The molecule has 1 amide bonds. The number of ether oxygens (including phenoxy) is 3. The van der Waals surface area contributed by atoms with E-state index in [1.165, 1.54) is 0 Å². The molecule has 0 aliphatic carbocycles. The van der Waals surface area contributed by atoms with Crippen LogP contribution in [0.4, 0.5) is 0 Å². The van der Waals surface area contributed by atoms with Crippen LogP contribution in [0.15, 0.2) is 0 Å². The van der Waals surface area contributed by atoms with E-state index in [0.717, 1.165) is 6.42 Å². The van der Waals surface area contributed by atoms with Crippen molar-refractivity contribution >= 4 is 5.91 Å². The van der Waals surface area contributed by atoms with Gasteiger partial charge in [-0.2, -0.15) is 0 Å². The van der Waals surface area contributed by atoms with Crippen molar-refractivity contribution in [1.29, 1.82) is 0 Å². The van der Waals surface area contributed by atoms with Gasteiger partial charge < -0.3 is 25.7 Å². The topological polar surface area (TPSA) is 96.8 Å². The smallest absolute Gasteiger partial charge is 0.219 e. The Morgan fingerprint density at radius 3 is 1.88 bits per heavy atom. The maximum absolute atomic E-state index is 10.3. The molecule has 4 N–H and O–H groups in total. The first-order valence-electron chi connectivity index (χ1n) is 5.49.